The van der Waals surface area contributed by atoms with Gasteiger partial charge < -0.3 is 14.5 Å². The van der Waals surface area contributed by atoms with E-state index in [4.69, 9.17) is 9.15 Å². The zero-order chi connectivity index (χ0) is 14.4. The summed E-state index contributed by atoms with van der Waals surface area (Å²) in [5.74, 6) is 0.920. The van der Waals surface area contributed by atoms with Crippen molar-refractivity contribution in [2.45, 2.75) is 40.0 Å². The predicted molar refractivity (Wildman–Crippen MR) is 82.7 cm³/mol. The van der Waals surface area contributed by atoms with Crippen LogP contribution in [0.5, 0.6) is 0 Å². The van der Waals surface area contributed by atoms with E-state index >= 15 is 0 Å². The molecule has 0 aliphatic rings. The maximum atomic E-state index is 5.92. The summed E-state index contributed by atoms with van der Waals surface area (Å²) in [6, 6.07) is 8.59. The molecule has 0 saturated heterocycles. The lowest BCUT2D eigenvalue weighted by molar-refractivity contribution is 0.132. The highest BCUT2D eigenvalue weighted by molar-refractivity contribution is 5.82. The summed E-state index contributed by atoms with van der Waals surface area (Å²) < 4.78 is 11.6. The second-order valence-electron chi connectivity index (χ2n) is 5.12. The molecular formula is C17H23NO2. The number of hydrogen-bond acceptors (Lipinski definition) is 3. The summed E-state index contributed by atoms with van der Waals surface area (Å²) in [6.07, 6.45) is 3.98. The number of hydrogen-bond donors (Lipinski definition) is 1. The highest BCUT2D eigenvalue weighted by Crippen LogP contribution is 2.26. The lowest BCUT2D eigenvalue weighted by atomic mass is 10.1. The van der Waals surface area contributed by atoms with Crippen molar-refractivity contribution in [3.63, 3.8) is 0 Å². The Balaban J connectivity index is 2.19. The van der Waals surface area contributed by atoms with E-state index in [2.05, 4.69) is 25.2 Å². The van der Waals surface area contributed by atoms with Gasteiger partial charge in [-0.25, -0.2) is 0 Å². The molecule has 108 valence electrons. The van der Waals surface area contributed by atoms with Gasteiger partial charge >= 0.3 is 0 Å². The molecule has 0 aliphatic carbocycles. The highest BCUT2D eigenvalue weighted by Gasteiger charge is 2.13. The van der Waals surface area contributed by atoms with E-state index in [1.165, 1.54) is 10.9 Å². The lowest BCUT2D eigenvalue weighted by Gasteiger charge is -2.08. The Morgan fingerprint density at radius 1 is 1.30 bits per heavy atom. The predicted octanol–water partition coefficient (Wildman–Crippen LogP) is 4.02. The SMILES string of the molecule is CC=CCOCc1oc2ccccc2c1CNC(C)C. The molecule has 1 heterocycles. The van der Waals surface area contributed by atoms with Crippen molar-refractivity contribution < 1.29 is 9.15 Å². The molecule has 2 rings (SSSR count). The Morgan fingerprint density at radius 2 is 2.10 bits per heavy atom. The van der Waals surface area contributed by atoms with Crippen LogP contribution in [0.1, 0.15) is 32.1 Å². The van der Waals surface area contributed by atoms with Crippen molar-refractivity contribution in [1.82, 2.24) is 5.32 Å². The fourth-order valence-electron chi connectivity index (χ4n) is 2.08. The molecule has 3 nitrogen and oxygen atoms in total. The van der Waals surface area contributed by atoms with Crippen LogP contribution in [0, 0.1) is 0 Å². The first-order chi connectivity index (χ1) is 9.72. The van der Waals surface area contributed by atoms with Gasteiger partial charge in [-0.3, -0.25) is 0 Å². The van der Waals surface area contributed by atoms with Crippen molar-refractivity contribution in [3.05, 3.63) is 47.7 Å². The Bertz CT molecular complexity index is 569. The molecule has 0 amide bonds. The number of ether oxygens (including phenoxy) is 1. The number of para-hydroxylation sites is 1. The van der Waals surface area contributed by atoms with E-state index in [1.54, 1.807) is 0 Å². The quantitative estimate of drug-likeness (QED) is 0.611. The van der Waals surface area contributed by atoms with Gasteiger partial charge in [0, 0.05) is 23.5 Å². The fraction of sp³-hybridized carbons (Fsp3) is 0.412. The first-order valence-corrected chi connectivity index (χ1v) is 7.14. The molecule has 1 aromatic carbocycles. The van der Waals surface area contributed by atoms with Crippen LogP contribution in [0.4, 0.5) is 0 Å². The fourth-order valence-corrected chi connectivity index (χ4v) is 2.08. The van der Waals surface area contributed by atoms with Gasteiger partial charge in [0.1, 0.15) is 18.0 Å². The number of benzene rings is 1. The topological polar surface area (TPSA) is 34.4 Å². The number of furan rings is 1. The van der Waals surface area contributed by atoms with E-state index in [0.717, 1.165) is 17.9 Å². The Kier molecular flexibility index (Phi) is 5.39. The molecule has 0 radical (unpaired) electrons. The third-order valence-electron chi connectivity index (χ3n) is 3.15. The van der Waals surface area contributed by atoms with Crippen LogP contribution in [0.3, 0.4) is 0 Å². The monoisotopic (exact) mass is 273 g/mol. The molecule has 20 heavy (non-hydrogen) atoms. The minimum Gasteiger partial charge on any atom is -0.458 e. The highest BCUT2D eigenvalue weighted by atomic mass is 16.5. The maximum Gasteiger partial charge on any atom is 0.135 e. The molecule has 0 unspecified atom stereocenters. The van der Waals surface area contributed by atoms with Crippen molar-refractivity contribution in [2.24, 2.45) is 0 Å². The van der Waals surface area contributed by atoms with E-state index in [1.807, 2.05) is 37.3 Å². The van der Waals surface area contributed by atoms with Crippen LogP contribution in [0.15, 0.2) is 40.8 Å². The standard InChI is InChI=1S/C17H23NO2/c1-4-5-10-19-12-17-15(11-18-13(2)3)14-8-6-7-9-16(14)20-17/h4-9,13,18H,10-12H2,1-3H3. The average molecular weight is 273 g/mol. The van der Waals surface area contributed by atoms with Gasteiger partial charge in [-0.15, -0.1) is 0 Å². The molecule has 0 aliphatic heterocycles. The van der Waals surface area contributed by atoms with Crippen LogP contribution in [0.25, 0.3) is 11.0 Å². The summed E-state index contributed by atoms with van der Waals surface area (Å²) in [7, 11) is 0. The molecule has 0 fully saturated rings. The van der Waals surface area contributed by atoms with Gasteiger partial charge in [-0.2, -0.15) is 0 Å². The van der Waals surface area contributed by atoms with Crippen LogP contribution in [-0.4, -0.2) is 12.6 Å². The first kappa shape index (κ1) is 14.8. The van der Waals surface area contributed by atoms with E-state index in [0.29, 0.717) is 19.3 Å². The van der Waals surface area contributed by atoms with Crippen LogP contribution in [-0.2, 0) is 17.9 Å². The summed E-state index contributed by atoms with van der Waals surface area (Å²) in [6.45, 7) is 8.20. The van der Waals surface area contributed by atoms with Crippen molar-refractivity contribution in [3.8, 4) is 0 Å². The zero-order valence-corrected chi connectivity index (χ0v) is 12.5. The number of nitrogens with one attached hydrogen (secondary N) is 1. The third-order valence-corrected chi connectivity index (χ3v) is 3.15. The summed E-state index contributed by atoms with van der Waals surface area (Å²) in [4.78, 5) is 0. The third kappa shape index (κ3) is 3.71. The lowest BCUT2D eigenvalue weighted by Crippen LogP contribution is -2.22. The molecule has 0 atom stereocenters. The normalized spacial score (nSPS) is 12.0. The molecule has 3 heteroatoms. The Morgan fingerprint density at radius 3 is 2.85 bits per heavy atom. The Hall–Kier alpha value is -1.58. The van der Waals surface area contributed by atoms with Crippen LogP contribution < -0.4 is 5.32 Å². The van der Waals surface area contributed by atoms with Gasteiger partial charge in [0.2, 0.25) is 0 Å². The van der Waals surface area contributed by atoms with Crippen molar-refractivity contribution in [2.75, 3.05) is 6.61 Å². The summed E-state index contributed by atoms with van der Waals surface area (Å²) in [5.41, 5.74) is 2.13. The number of rotatable bonds is 7. The molecule has 0 spiro atoms. The summed E-state index contributed by atoms with van der Waals surface area (Å²) >= 11 is 0. The summed E-state index contributed by atoms with van der Waals surface area (Å²) in [5, 5.41) is 4.62. The van der Waals surface area contributed by atoms with Gasteiger partial charge in [0.05, 0.1) is 6.61 Å². The largest absolute Gasteiger partial charge is 0.458 e. The molecule has 1 aromatic heterocycles. The Labute approximate surface area is 120 Å². The van der Waals surface area contributed by atoms with E-state index in [-0.39, 0.29) is 0 Å². The number of fused-ring (bicyclic) bond motifs is 1. The second kappa shape index (κ2) is 7.27. The first-order valence-electron chi connectivity index (χ1n) is 7.14. The van der Waals surface area contributed by atoms with Crippen LogP contribution >= 0.6 is 0 Å². The minimum absolute atomic E-state index is 0.445. The molecule has 0 bridgehead atoms. The number of allylic oxidation sites excluding steroid dienone is 1. The second-order valence-corrected chi connectivity index (χ2v) is 5.12. The molecule has 1 N–H and O–H groups in total. The van der Waals surface area contributed by atoms with Gasteiger partial charge in [0.15, 0.2) is 0 Å². The van der Waals surface area contributed by atoms with Crippen molar-refractivity contribution >= 4 is 11.0 Å². The van der Waals surface area contributed by atoms with Crippen LogP contribution in [0.2, 0.25) is 0 Å². The van der Waals surface area contributed by atoms with E-state index in [9.17, 15) is 0 Å². The smallest absolute Gasteiger partial charge is 0.135 e. The van der Waals surface area contributed by atoms with E-state index < -0.39 is 0 Å². The van der Waals surface area contributed by atoms with Crippen molar-refractivity contribution in [1.29, 1.82) is 0 Å². The van der Waals surface area contributed by atoms with Gasteiger partial charge in [-0.1, -0.05) is 44.2 Å². The zero-order valence-electron chi connectivity index (χ0n) is 12.5. The molecular weight excluding hydrogens is 250 g/mol. The van der Waals surface area contributed by atoms with Gasteiger partial charge in [-0.05, 0) is 13.0 Å². The molecule has 0 saturated carbocycles. The van der Waals surface area contributed by atoms with Gasteiger partial charge in [0.25, 0.3) is 0 Å². The molecule has 2 aromatic rings. The maximum absolute atomic E-state index is 5.92. The average Bonchev–Trinajstić information content (AvgIpc) is 2.79. The minimum atomic E-state index is 0.445.